The lowest BCUT2D eigenvalue weighted by atomic mass is 10.2. The molecule has 96 valence electrons. The van der Waals surface area contributed by atoms with Crippen LogP contribution in [0.15, 0.2) is 40.8 Å². The Kier molecular flexibility index (Phi) is 4.05. The zero-order valence-corrected chi connectivity index (χ0v) is 11.2. The molecular weight excluding hydrogens is 224 g/mol. The summed E-state index contributed by atoms with van der Waals surface area (Å²) in [6.45, 7) is 3.66. The van der Waals surface area contributed by atoms with Crippen LogP contribution in [0.5, 0.6) is 0 Å². The zero-order valence-electron chi connectivity index (χ0n) is 11.2. The van der Waals surface area contributed by atoms with E-state index in [2.05, 4.69) is 47.6 Å². The monoisotopic (exact) mass is 244 g/mol. The fraction of sp³-hybridized carbons (Fsp3) is 0.333. The van der Waals surface area contributed by atoms with Crippen LogP contribution in [-0.2, 0) is 13.1 Å². The van der Waals surface area contributed by atoms with E-state index < -0.39 is 0 Å². The van der Waals surface area contributed by atoms with E-state index in [1.54, 1.807) is 0 Å². The van der Waals surface area contributed by atoms with Crippen molar-refractivity contribution in [3.05, 3.63) is 53.5 Å². The molecule has 1 N–H and O–H groups in total. The topological polar surface area (TPSA) is 28.4 Å². The standard InChI is InChI=1S/C15H20N2O/c1-12-13(9-15(18-12)10-16-2)11-17(3)14-7-5-4-6-8-14/h4-9,16H,10-11H2,1-3H3. The van der Waals surface area contributed by atoms with Gasteiger partial charge in [-0.1, -0.05) is 18.2 Å². The lowest BCUT2D eigenvalue weighted by Crippen LogP contribution is -2.16. The molecule has 2 aromatic rings. The van der Waals surface area contributed by atoms with E-state index in [4.69, 9.17) is 4.42 Å². The van der Waals surface area contributed by atoms with E-state index in [0.29, 0.717) is 0 Å². The van der Waals surface area contributed by atoms with Gasteiger partial charge < -0.3 is 14.6 Å². The number of rotatable bonds is 5. The van der Waals surface area contributed by atoms with E-state index in [1.807, 2.05) is 20.0 Å². The first-order valence-electron chi connectivity index (χ1n) is 6.19. The molecule has 3 heteroatoms. The minimum Gasteiger partial charge on any atom is -0.465 e. The van der Waals surface area contributed by atoms with Crippen molar-refractivity contribution in [2.24, 2.45) is 0 Å². The number of hydrogen-bond acceptors (Lipinski definition) is 3. The summed E-state index contributed by atoms with van der Waals surface area (Å²) < 4.78 is 5.70. The largest absolute Gasteiger partial charge is 0.465 e. The molecule has 0 aliphatic heterocycles. The van der Waals surface area contributed by atoms with E-state index in [-0.39, 0.29) is 0 Å². The number of benzene rings is 1. The first-order chi connectivity index (χ1) is 8.70. The smallest absolute Gasteiger partial charge is 0.118 e. The van der Waals surface area contributed by atoms with Crippen molar-refractivity contribution in [2.75, 3.05) is 19.0 Å². The minimum absolute atomic E-state index is 0.774. The molecule has 0 amide bonds. The minimum atomic E-state index is 0.774. The Hall–Kier alpha value is -1.74. The second-order valence-corrected chi connectivity index (χ2v) is 4.52. The predicted octanol–water partition coefficient (Wildman–Crippen LogP) is 2.94. The molecule has 0 bridgehead atoms. The van der Waals surface area contributed by atoms with E-state index >= 15 is 0 Å². The van der Waals surface area contributed by atoms with Crippen LogP contribution in [0.2, 0.25) is 0 Å². The Bertz CT molecular complexity index is 490. The zero-order chi connectivity index (χ0) is 13.0. The summed E-state index contributed by atoms with van der Waals surface area (Å²) in [4.78, 5) is 2.22. The van der Waals surface area contributed by atoms with Crippen LogP contribution in [0.25, 0.3) is 0 Å². The summed E-state index contributed by atoms with van der Waals surface area (Å²) in [6, 6.07) is 12.5. The molecule has 1 heterocycles. The molecular formula is C15H20N2O. The summed E-state index contributed by atoms with van der Waals surface area (Å²) in [5.74, 6) is 1.99. The summed E-state index contributed by atoms with van der Waals surface area (Å²) in [6.07, 6.45) is 0. The maximum Gasteiger partial charge on any atom is 0.118 e. The van der Waals surface area contributed by atoms with Gasteiger partial charge in [0.05, 0.1) is 6.54 Å². The molecule has 2 rings (SSSR count). The molecule has 0 saturated heterocycles. The highest BCUT2D eigenvalue weighted by Crippen LogP contribution is 2.19. The SMILES string of the molecule is CNCc1cc(CN(C)c2ccccc2)c(C)o1. The Morgan fingerprint density at radius 3 is 2.61 bits per heavy atom. The van der Waals surface area contributed by atoms with Crippen LogP contribution in [0.4, 0.5) is 5.69 Å². The van der Waals surface area contributed by atoms with E-state index in [0.717, 1.165) is 24.6 Å². The van der Waals surface area contributed by atoms with Crippen molar-refractivity contribution in [2.45, 2.75) is 20.0 Å². The quantitative estimate of drug-likeness (QED) is 0.876. The van der Waals surface area contributed by atoms with Gasteiger partial charge in [-0.25, -0.2) is 0 Å². The predicted molar refractivity (Wildman–Crippen MR) is 74.8 cm³/mol. The van der Waals surface area contributed by atoms with E-state index in [1.165, 1.54) is 11.3 Å². The molecule has 18 heavy (non-hydrogen) atoms. The number of nitrogens with zero attached hydrogens (tertiary/aromatic N) is 1. The summed E-state index contributed by atoms with van der Waals surface area (Å²) >= 11 is 0. The second kappa shape index (κ2) is 5.74. The highest BCUT2D eigenvalue weighted by atomic mass is 16.3. The Morgan fingerprint density at radius 2 is 1.94 bits per heavy atom. The van der Waals surface area contributed by atoms with Gasteiger partial charge in [0.2, 0.25) is 0 Å². The molecule has 0 saturated carbocycles. The Morgan fingerprint density at radius 1 is 1.22 bits per heavy atom. The highest BCUT2D eigenvalue weighted by Gasteiger charge is 2.09. The maximum atomic E-state index is 5.70. The molecule has 0 aliphatic carbocycles. The first kappa shape index (κ1) is 12.7. The summed E-state index contributed by atoms with van der Waals surface area (Å²) in [5, 5.41) is 3.10. The van der Waals surface area contributed by atoms with Crippen molar-refractivity contribution < 1.29 is 4.42 Å². The fourth-order valence-corrected chi connectivity index (χ4v) is 2.04. The molecule has 3 nitrogen and oxygen atoms in total. The van der Waals surface area contributed by atoms with Crippen molar-refractivity contribution in [1.29, 1.82) is 0 Å². The van der Waals surface area contributed by atoms with Gasteiger partial charge in [0.1, 0.15) is 11.5 Å². The van der Waals surface area contributed by atoms with Crippen LogP contribution in [0.1, 0.15) is 17.1 Å². The van der Waals surface area contributed by atoms with Gasteiger partial charge in [-0.2, -0.15) is 0 Å². The van der Waals surface area contributed by atoms with Crippen molar-refractivity contribution in [3.63, 3.8) is 0 Å². The van der Waals surface area contributed by atoms with E-state index in [9.17, 15) is 0 Å². The van der Waals surface area contributed by atoms with Crippen LogP contribution in [0.3, 0.4) is 0 Å². The van der Waals surface area contributed by atoms with Crippen molar-refractivity contribution in [1.82, 2.24) is 5.32 Å². The van der Waals surface area contributed by atoms with Crippen molar-refractivity contribution >= 4 is 5.69 Å². The number of nitrogens with one attached hydrogen (secondary N) is 1. The lowest BCUT2D eigenvalue weighted by Gasteiger charge is -2.18. The molecule has 0 unspecified atom stereocenters. The highest BCUT2D eigenvalue weighted by molar-refractivity contribution is 5.46. The number of anilines is 1. The summed E-state index contributed by atoms with van der Waals surface area (Å²) in [7, 11) is 4.02. The average molecular weight is 244 g/mol. The Balaban J connectivity index is 2.09. The van der Waals surface area contributed by atoms with Gasteiger partial charge in [0.15, 0.2) is 0 Å². The van der Waals surface area contributed by atoms with Gasteiger partial charge in [-0.15, -0.1) is 0 Å². The number of furan rings is 1. The third kappa shape index (κ3) is 2.93. The number of para-hydroxylation sites is 1. The molecule has 1 aromatic carbocycles. The first-order valence-corrected chi connectivity index (χ1v) is 6.19. The van der Waals surface area contributed by atoms with Crippen LogP contribution < -0.4 is 10.2 Å². The summed E-state index contributed by atoms with van der Waals surface area (Å²) in [5.41, 5.74) is 2.46. The normalized spacial score (nSPS) is 10.6. The molecule has 0 fully saturated rings. The van der Waals surface area contributed by atoms with Crippen LogP contribution in [-0.4, -0.2) is 14.1 Å². The number of aryl methyl sites for hydroxylation is 1. The fourth-order valence-electron chi connectivity index (χ4n) is 2.04. The molecule has 0 radical (unpaired) electrons. The van der Waals surface area contributed by atoms with Gasteiger partial charge in [-0.05, 0) is 32.2 Å². The molecule has 1 aromatic heterocycles. The van der Waals surface area contributed by atoms with Gasteiger partial charge >= 0.3 is 0 Å². The van der Waals surface area contributed by atoms with Crippen molar-refractivity contribution in [3.8, 4) is 0 Å². The average Bonchev–Trinajstić information content (AvgIpc) is 2.71. The molecule has 0 atom stereocenters. The van der Waals surface area contributed by atoms with Gasteiger partial charge in [0.25, 0.3) is 0 Å². The third-order valence-electron chi connectivity index (χ3n) is 3.03. The lowest BCUT2D eigenvalue weighted by molar-refractivity contribution is 0.469. The number of hydrogen-bond donors (Lipinski definition) is 1. The molecule has 0 aliphatic rings. The Labute approximate surface area is 108 Å². The van der Waals surface area contributed by atoms with Gasteiger partial charge in [0, 0.05) is 24.8 Å². The van der Waals surface area contributed by atoms with Crippen LogP contribution in [0, 0.1) is 6.92 Å². The molecule has 0 spiro atoms. The van der Waals surface area contributed by atoms with Crippen LogP contribution >= 0.6 is 0 Å². The third-order valence-corrected chi connectivity index (χ3v) is 3.03. The second-order valence-electron chi connectivity index (χ2n) is 4.52. The maximum absolute atomic E-state index is 5.70. The van der Waals surface area contributed by atoms with Gasteiger partial charge in [-0.3, -0.25) is 0 Å².